The molecule has 0 unspecified atom stereocenters. The van der Waals surface area contributed by atoms with E-state index in [9.17, 15) is 31.1 Å². The van der Waals surface area contributed by atoms with Crippen LogP contribution in [0.5, 0.6) is 0 Å². The molecule has 1 atom stereocenters. The van der Waals surface area contributed by atoms with Crippen LogP contribution in [0.4, 0.5) is 26.3 Å². The summed E-state index contributed by atoms with van der Waals surface area (Å²) in [5.74, 6) is 0. The van der Waals surface area contributed by atoms with Gasteiger partial charge in [-0.25, -0.2) is 4.98 Å². The Kier molecular flexibility index (Phi) is 4.67. The molecule has 0 radical (unpaired) electrons. The Bertz CT molecular complexity index is 1240. The van der Waals surface area contributed by atoms with E-state index in [2.05, 4.69) is 10.1 Å². The second-order valence-electron chi connectivity index (χ2n) is 7.36. The van der Waals surface area contributed by atoms with Crippen LogP contribution >= 0.6 is 11.6 Å². The van der Waals surface area contributed by atoms with E-state index in [4.69, 9.17) is 17.3 Å². The lowest BCUT2D eigenvalue weighted by Gasteiger charge is -2.32. The second-order valence-corrected chi connectivity index (χ2v) is 7.76. The highest BCUT2D eigenvalue weighted by atomic mass is 35.5. The molecule has 31 heavy (non-hydrogen) atoms. The molecule has 3 aromatic rings. The highest BCUT2D eigenvalue weighted by Gasteiger charge is 2.58. The Morgan fingerprint density at radius 2 is 1.77 bits per heavy atom. The number of hydrogen-bond acceptors (Lipinski definition) is 4. The van der Waals surface area contributed by atoms with Gasteiger partial charge in [-0.2, -0.15) is 31.4 Å². The number of alkyl halides is 6. The van der Waals surface area contributed by atoms with E-state index in [1.807, 2.05) is 0 Å². The number of fused-ring (bicyclic) bond motifs is 1. The maximum absolute atomic E-state index is 14.3. The summed E-state index contributed by atoms with van der Waals surface area (Å²) in [6, 6.07) is 1.46. The van der Waals surface area contributed by atoms with Gasteiger partial charge in [0, 0.05) is 13.1 Å². The molecule has 1 fully saturated rings. The molecule has 1 saturated carbocycles. The molecule has 1 aliphatic rings. The van der Waals surface area contributed by atoms with Crippen LogP contribution in [-0.2, 0) is 18.8 Å². The van der Waals surface area contributed by atoms with E-state index in [0.717, 1.165) is 30.9 Å². The highest BCUT2D eigenvalue weighted by Crippen LogP contribution is 2.46. The summed E-state index contributed by atoms with van der Waals surface area (Å²) in [7, 11) is 1.15. The van der Waals surface area contributed by atoms with E-state index in [0.29, 0.717) is 18.2 Å². The van der Waals surface area contributed by atoms with E-state index < -0.39 is 45.3 Å². The van der Waals surface area contributed by atoms with Crippen molar-refractivity contribution in [2.24, 2.45) is 12.8 Å². The number of nitrogens with zero attached hydrogens (tertiary/aromatic N) is 4. The summed E-state index contributed by atoms with van der Waals surface area (Å²) in [6.45, 7) is 0. The zero-order chi connectivity index (χ0) is 22.9. The summed E-state index contributed by atoms with van der Waals surface area (Å²) >= 11 is 5.64. The van der Waals surface area contributed by atoms with E-state index in [1.54, 1.807) is 0 Å². The number of aryl methyl sites for hydroxylation is 1. The zero-order valence-electron chi connectivity index (χ0n) is 15.7. The van der Waals surface area contributed by atoms with Crippen LogP contribution in [0.15, 0.2) is 29.3 Å². The van der Waals surface area contributed by atoms with Gasteiger partial charge in [0.25, 0.3) is 5.56 Å². The third-order valence-electron chi connectivity index (χ3n) is 5.26. The van der Waals surface area contributed by atoms with E-state index in [-0.39, 0.29) is 17.1 Å². The fraction of sp³-hybridized carbons (Fsp3) is 0.389. The standard InChI is InChI=1S/C18H14ClF6N5O/c1-29-14(12-13(28-29)15(31)30(7-27-12)9-3-4-9)16(26,18(23,24)25)8-2-5-10(11(19)6-8)17(20,21)22/h2,5-7,9H,3-4,26H2,1H3/t16-/m1/s1. The van der Waals surface area contributed by atoms with Crippen LogP contribution < -0.4 is 11.3 Å². The molecule has 4 rings (SSSR count). The first-order valence-electron chi connectivity index (χ1n) is 8.94. The van der Waals surface area contributed by atoms with Gasteiger partial charge in [-0.3, -0.25) is 14.0 Å². The summed E-state index contributed by atoms with van der Waals surface area (Å²) in [6.07, 6.45) is -7.45. The predicted octanol–water partition coefficient (Wildman–Crippen LogP) is 3.90. The normalized spacial score (nSPS) is 17.2. The molecule has 2 N–H and O–H groups in total. The molecule has 0 amide bonds. The van der Waals surface area contributed by atoms with Crippen molar-refractivity contribution in [3.05, 3.63) is 56.7 Å². The summed E-state index contributed by atoms with van der Waals surface area (Å²) in [5, 5.41) is 2.95. The summed E-state index contributed by atoms with van der Waals surface area (Å²) in [4.78, 5) is 16.7. The minimum absolute atomic E-state index is 0.0891. The van der Waals surface area contributed by atoms with Crippen molar-refractivity contribution < 1.29 is 26.3 Å². The number of aromatic nitrogens is 4. The van der Waals surface area contributed by atoms with Gasteiger partial charge in [-0.15, -0.1) is 0 Å². The maximum Gasteiger partial charge on any atom is 0.417 e. The summed E-state index contributed by atoms with van der Waals surface area (Å²) < 4.78 is 84.0. The molecule has 0 bridgehead atoms. The number of nitrogens with two attached hydrogens (primary N) is 1. The Hall–Kier alpha value is -2.60. The monoisotopic (exact) mass is 465 g/mol. The van der Waals surface area contributed by atoms with Gasteiger partial charge >= 0.3 is 12.4 Å². The van der Waals surface area contributed by atoms with Crippen LogP contribution in [0.3, 0.4) is 0 Å². The van der Waals surface area contributed by atoms with Gasteiger partial charge in [-0.05, 0) is 30.5 Å². The third-order valence-corrected chi connectivity index (χ3v) is 5.57. The van der Waals surface area contributed by atoms with Crippen molar-refractivity contribution in [1.82, 2.24) is 19.3 Å². The Labute approximate surface area is 175 Å². The van der Waals surface area contributed by atoms with Gasteiger partial charge in [0.05, 0.1) is 22.6 Å². The molecule has 13 heteroatoms. The summed E-state index contributed by atoms with van der Waals surface area (Å²) in [5.41, 5.74) is -1.57. The lowest BCUT2D eigenvalue weighted by atomic mass is 9.85. The average Bonchev–Trinajstić information content (AvgIpc) is 3.41. The van der Waals surface area contributed by atoms with Crippen molar-refractivity contribution in [3.8, 4) is 0 Å². The molecule has 2 heterocycles. The van der Waals surface area contributed by atoms with E-state index in [1.165, 1.54) is 4.57 Å². The third kappa shape index (κ3) is 3.28. The second kappa shape index (κ2) is 6.70. The zero-order valence-corrected chi connectivity index (χ0v) is 16.5. The largest absolute Gasteiger partial charge is 0.417 e. The van der Waals surface area contributed by atoms with E-state index >= 15 is 0 Å². The Morgan fingerprint density at radius 1 is 1.13 bits per heavy atom. The van der Waals surface area contributed by atoms with Crippen LogP contribution in [0, 0.1) is 0 Å². The quantitative estimate of drug-likeness (QED) is 0.595. The van der Waals surface area contributed by atoms with Crippen LogP contribution in [0.2, 0.25) is 5.02 Å². The molecule has 1 aliphatic carbocycles. The smallest absolute Gasteiger partial charge is 0.309 e. The highest BCUT2D eigenvalue weighted by molar-refractivity contribution is 6.31. The van der Waals surface area contributed by atoms with Crippen LogP contribution in [-0.4, -0.2) is 25.5 Å². The fourth-order valence-corrected chi connectivity index (χ4v) is 3.84. The SMILES string of the molecule is Cn1nc2c(=O)n(C3CC3)cnc2c1[C@](N)(c1ccc(C(F)(F)F)c(Cl)c1)C(F)(F)F. The number of hydrogen-bond donors (Lipinski definition) is 1. The van der Waals surface area contributed by atoms with Crippen molar-refractivity contribution in [3.63, 3.8) is 0 Å². The predicted molar refractivity (Wildman–Crippen MR) is 98.5 cm³/mol. The molecular weight excluding hydrogens is 452 g/mol. The molecular formula is C18H14ClF6N5O. The number of rotatable bonds is 3. The molecule has 2 aromatic heterocycles. The molecule has 1 aromatic carbocycles. The van der Waals surface area contributed by atoms with Crippen molar-refractivity contribution in [2.45, 2.75) is 36.8 Å². The number of halogens is 7. The Morgan fingerprint density at radius 3 is 2.29 bits per heavy atom. The first kappa shape index (κ1) is 21.6. The van der Waals surface area contributed by atoms with Gasteiger partial charge < -0.3 is 5.73 Å². The van der Waals surface area contributed by atoms with Crippen molar-refractivity contribution in [1.29, 1.82) is 0 Å². The minimum Gasteiger partial charge on any atom is -0.309 e. The fourth-order valence-electron chi connectivity index (χ4n) is 3.55. The minimum atomic E-state index is -5.19. The molecule has 166 valence electrons. The van der Waals surface area contributed by atoms with Gasteiger partial charge in [0.15, 0.2) is 11.1 Å². The van der Waals surface area contributed by atoms with Crippen LogP contribution in [0.1, 0.15) is 35.7 Å². The van der Waals surface area contributed by atoms with Gasteiger partial charge in [-0.1, -0.05) is 17.7 Å². The van der Waals surface area contributed by atoms with Crippen molar-refractivity contribution in [2.75, 3.05) is 0 Å². The lowest BCUT2D eigenvalue weighted by molar-refractivity contribution is -0.178. The Balaban J connectivity index is 1.99. The maximum atomic E-state index is 14.3. The average molecular weight is 466 g/mol. The first-order chi connectivity index (χ1) is 14.3. The van der Waals surface area contributed by atoms with Crippen LogP contribution in [0.25, 0.3) is 11.0 Å². The molecule has 0 saturated heterocycles. The first-order valence-corrected chi connectivity index (χ1v) is 9.31. The molecule has 0 aliphatic heterocycles. The molecule has 6 nitrogen and oxygen atoms in total. The number of benzene rings is 1. The van der Waals surface area contributed by atoms with Gasteiger partial charge in [0.1, 0.15) is 5.52 Å². The van der Waals surface area contributed by atoms with Crippen molar-refractivity contribution >= 4 is 22.6 Å². The van der Waals surface area contributed by atoms with Gasteiger partial charge in [0.2, 0.25) is 0 Å². The topological polar surface area (TPSA) is 78.7 Å². The lowest BCUT2D eigenvalue weighted by Crippen LogP contribution is -2.52. The molecule has 0 spiro atoms.